The Balaban J connectivity index is 1.84. The number of rotatable bonds is 4. The Morgan fingerprint density at radius 2 is 1.43 bits per heavy atom. The van der Waals surface area contributed by atoms with Crippen molar-refractivity contribution >= 4 is 5.69 Å². The molecule has 1 aliphatic rings. The summed E-state index contributed by atoms with van der Waals surface area (Å²) in [6, 6.07) is 5.11. The van der Waals surface area contributed by atoms with Crippen molar-refractivity contribution in [1.82, 2.24) is 5.32 Å². The summed E-state index contributed by atoms with van der Waals surface area (Å²) in [6.45, 7) is 6.48. The summed E-state index contributed by atoms with van der Waals surface area (Å²) < 4.78 is 0. The van der Waals surface area contributed by atoms with Crippen molar-refractivity contribution in [3.63, 3.8) is 0 Å². The molecule has 2 nitrogen and oxygen atoms in total. The second kappa shape index (κ2) is 8.11. The van der Waals surface area contributed by atoms with Gasteiger partial charge in [0.05, 0.1) is 0 Å². The highest BCUT2D eigenvalue weighted by Crippen LogP contribution is 2.22. The number of nitrogens with one attached hydrogen (secondary N) is 2. The van der Waals surface area contributed by atoms with Gasteiger partial charge in [0.25, 0.3) is 0 Å². The van der Waals surface area contributed by atoms with Gasteiger partial charge in [-0.1, -0.05) is 49.8 Å². The number of hydrogen-bond donors (Lipinski definition) is 2. The molecule has 0 spiro atoms. The Bertz CT molecular complexity index is 445. The molecule has 0 saturated heterocycles. The van der Waals surface area contributed by atoms with Gasteiger partial charge >= 0.3 is 0 Å². The van der Waals surface area contributed by atoms with Crippen molar-refractivity contribution in [2.75, 3.05) is 5.32 Å². The zero-order chi connectivity index (χ0) is 15.1. The van der Waals surface area contributed by atoms with E-state index in [0.717, 1.165) is 0 Å². The van der Waals surface area contributed by atoms with Gasteiger partial charge in [-0.15, -0.1) is 0 Å². The zero-order valence-electron chi connectivity index (χ0n) is 13.8. The molecule has 1 aromatic rings. The molecule has 1 aliphatic carbocycles. The van der Waals surface area contributed by atoms with Gasteiger partial charge in [-0.25, -0.2) is 0 Å². The quantitative estimate of drug-likeness (QED) is 0.795. The molecule has 0 radical (unpaired) electrons. The molecule has 0 unspecified atom stereocenters. The van der Waals surface area contributed by atoms with Crippen LogP contribution in [-0.2, 0) is 0 Å². The molecule has 1 saturated carbocycles. The molecule has 0 bridgehead atoms. The fourth-order valence-electron chi connectivity index (χ4n) is 3.34. The number of hydrogen-bond acceptors (Lipinski definition) is 2. The van der Waals surface area contributed by atoms with Crippen molar-refractivity contribution in [3.05, 3.63) is 41.2 Å². The van der Waals surface area contributed by atoms with Crippen molar-refractivity contribution < 1.29 is 0 Å². The Labute approximate surface area is 130 Å². The van der Waals surface area contributed by atoms with Crippen molar-refractivity contribution in [3.8, 4) is 0 Å². The average Bonchev–Trinajstić information content (AvgIpc) is 2.38. The number of aryl methyl sites for hydroxylation is 3. The normalized spacial score (nSPS) is 17.5. The molecule has 0 amide bonds. The van der Waals surface area contributed by atoms with E-state index >= 15 is 0 Å². The molecule has 1 aromatic carbocycles. The molecule has 0 heterocycles. The summed E-state index contributed by atoms with van der Waals surface area (Å²) in [5, 5.41) is 7.00. The molecule has 21 heavy (non-hydrogen) atoms. The SMILES string of the molecule is Cc1cc(C)c(N/C=C\NC2CCCCCCC2)c(C)c1. The van der Waals surface area contributed by atoms with Gasteiger partial charge < -0.3 is 10.6 Å². The lowest BCUT2D eigenvalue weighted by Crippen LogP contribution is -2.25. The third-order valence-electron chi connectivity index (χ3n) is 4.43. The highest BCUT2D eigenvalue weighted by atomic mass is 14.9. The maximum Gasteiger partial charge on any atom is 0.0439 e. The van der Waals surface area contributed by atoms with Crippen molar-refractivity contribution in [2.45, 2.75) is 71.8 Å². The molecule has 2 heteroatoms. The maximum absolute atomic E-state index is 3.57. The van der Waals surface area contributed by atoms with Gasteiger partial charge in [0.2, 0.25) is 0 Å². The molecular weight excluding hydrogens is 256 g/mol. The van der Waals surface area contributed by atoms with E-state index in [2.05, 4.69) is 49.7 Å². The molecule has 2 rings (SSSR count). The minimum Gasteiger partial charge on any atom is -0.387 e. The van der Waals surface area contributed by atoms with Crippen LogP contribution in [0, 0.1) is 20.8 Å². The van der Waals surface area contributed by atoms with E-state index in [9.17, 15) is 0 Å². The fourth-order valence-corrected chi connectivity index (χ4v) is 3.34. The van der Waals surface area contributed by atoms with E-state index in [1.54, 1.807) is 0 Å². The summed E-state index contributed by atoms with van der Waals surface area (Å²) in [4.78, 5) is 0. The van der Waals surface area contributed by atoms with E-state index in [4.69, 9.17) is 0 Å². The number of anilines is 1. The monoisotopic (exact) mass is 286 g/mol. The van der Waals surface area contributed by atoms with E-state index in [1.165, 1.54) is 67.3 Å². The second-order valence-electron chi connectivity index (χ2n) is 6.46. The van der Waals surface area contributed by atoms with E-state index < -0.39 is 0 Å². The van der Waals surface area contributed by atoms with Crippen LogP contribution in [0.3, 0.4) is 0 Å². The summed E-state index contributed by atoms with van der Waals surface area (Å²) in [5.74, 6) is 0. The van der Waals surface area contributed by atoms with Gasteiger partial charge in [0, 0.05) is 24.1 Å². The van der Waals surface area contributed by atoms with Gasteiger partial charge in [0.1, 0.15) is 0 Å². The zero-order valence-corrected chi connectivity index (χ0v) is 13.8. The molecule has 1 fully saturated rings. The number of benzene rings is 1. The lowest BCUT2D eigenvalue weighted by Gasteiger charge is -2.20. The van der Waals surface area contributed by atoms with Crippen LogP contribution >= 0.6 is 0 Å². The first-order valence-corrected chi connectivity index (χ1v) is 8.42. The highest BCUT2D eigenvalue weighted by Gasteiger charge is 2.08. The van der Waals surface area contributed by atoms with Crippen LogP contribution in [0.4, 0.5) is 5.69 Å². The first-order chi connectivity index (χ1) is 10.2. The van der Waals surface area contributed by atoms with E-state index in [1.807, 2.05) is 6.20 Å². The summed E-state index contributed by atoms with van der Waals surface area (Å²) in [5.41, 5.74) is 5.18. The third-order valence-corrected chi connectivity index (χ3v) is 4.43. The smallest absolute Gasteiger partial charge is 0.0439 e. The lowest BCUT2D eigenvalue weighted by atomic mass is 9.97. The highest BCUT2D eigenvalue weighted by molar-refractivity contribution is 5.59. The Hall–Kier alpha value is -1.44. The predicted octanol–water partition coefficient (Wildman–Crippen LogP) is 5.20. The van der Waals surface area contributed by atoms with Gasteiger partial charge in [0.15, 0.2) is 0 Å². The first kappa shape index (κ1) is 15.9. The Kier molecular flexibility index (Phi) is 6.16. The Morgan fingerprint density at radius 1 is 0.857 bits per heavy atom. The van der Waals surface area contributed by atoms with Gasteiger partial charge in [-0.2, -0.15) is 0 Å². The summed E-state index contributed by atoms with van der Waals surface area (Å²) >= 11 is 0. The summed E-state index contributed by atoms with van der Waals surface area (Å²) in [6.07, 6.45) is 13.7. The predicted molar refractivity (Wildman–Crippen MR) is 92.7 cm³/mol. The minimum atomic E-state index is 0.656. The van der Waals surface area contributed by atoms with Crippen LogP contribution in [0.2, 0.25) is 0 Å². The minimum absolute atomic E-state index is 0.656. The molecule has 0 aliphatic heterocycles. The Morgan fingerprint density at radius 3 is 2.05 bits per heavy atom. The third kappa shape index (κ3) is 5.11. The van der Waals surface area contributed by atoms with Crippen molar-refractivity contribution in [2.24, 2.45) is 0 Å². The molecule has 0 aromatic heterocycles. The first-order valence-electron chi connectivity index (χ1n) is 8.42. The van der Waals surface area contributed by atoms with Crippen LogP contribution < -0.4 is 10.6 Å². The van der Waals surface area contributed by atoms with Gasteiger partial charge in [-0.05, 0) is 44.7 Å². The fraction of sp³-hybridized carbons (Fsp3) is 0.579. The average molecular weight is 286 g/mol. The van der Waals surface area contributed by atoms with Crippen molar-refractivity contribution in [1.29, 1.82) is 0 Å². The van der Waals surface area contributed by atoms with Gasteiger partial charge in [-0.3, -0.25) is 0 Å². The van der Waals surface area contributed by atoms with Crippen LogP contribution in [0.15, 0.2) is 24.5 Å². The molecular formula is C19H30N2. The van der Waals surface area contributed by atoms with Crippen LogP contribution in [-0.4, -0.2) is 6.04 Å². The standard InChI is InChI=1S/C19H30N2/c1-15-13-16(2)19(17(3)14-15)21-12-11-20-18-9-7-5-4-6-8-10-18/h11-14,18,20-21H,4-10H2,1-3H3/b12-11-. The molecule has 2 N–H and O–H groups in total. The van der Waals surface area contributed by atoms with E-state index in [0.29, 0.717) is 6.04 Å². The molecule has 0 atom stereocenters. The van der Waals surface area contributed by atoms with Crippen LogP contribution in [0.25, 0.3) is 0 Å². The lowest BCUT2D eigenvalue weighted by molar-refractivity contribution is 0.420. The summed E-state index contributed by atoms with van der Waals surface area (Å²) in [7, 11) is 0. The molecule has 116 valence electrons. The largest absolute Gasteiger partial charge is 0.387 e. The second-order valence-corrected chi connectivity index (χ2v) is 6.46. The van der Waals surface area contributed by atoms with E-state index in [-0.39, 0.29) is 0 Å². The van der Waals surface area contributed by atoms with Crippen LogP contribution in [0.1, 0.15) is 61.6 Å². The maximum atomic E-state index is 3.57. The van der Waals surface area contributed by atoms with Crippen LogP contribution in [0.5, 0.6) is 0 Å². The topological polar surface area (TPSA) is 24.1 Å².